The standard InChI is InChI=1S/C16H22BrFN8O4S/c1-25(2)31(28,29)26-6-5-16(19,9-26)8-20-14-13(23-30-24-14)15(22-27)21-10-3-4-12(18)11(17)7-10/h3-4,7,27H,5-6,8-9,19H2,1-2H3,(H,20,24)(H,21,22)/t16-/m1/s1. The van der Waals surface area contributed by atoms with Gasteiger partial charge in [0.25, 0.3) is 10.2 Å². The van der Waals surface area contributed by atoms with E-state index in [9.17, 15) is 18.0 Å². The highest BCUT2D eigenvalue weighted by Gasteiger charge is 2.41. The van der Waals surface area contributed by atoms with Gasteiger partial charge in [0.1, 0.15) is 5.82 Å². The first-order chi connectivity index (χ1) is 14.6. The lowest BCUT2D eigenvalue weighted by molar-refractivity contribution is 0.234. The summed E-state index contributed by atoms with van der Waals surface area (Å²) in [6.07, 6.45) is 0.427. The van der Waals surface area contributed by atoms with Crippen LogP contribution in [-0.4, -0.2) is 77.7 Å². The first-order valence-electron chi connectivity index (χ1n) is 9.03. The fourth-order valence-corrected chi connectivity index (χ4v) is 4.53. The number of nitrogens with two attached hydrogens (primary N) is 1. The average Bonchev–Trinajstić information content (AvgIpc) is 3.34. The smallest absolute Gasteiger partial charge is 0.281 e. The summed E-state index contributed by atoms with van der Waals surface area (Å²) in [5.41, 5.74) is 7.82. The molecule has 0 radical (unpaired) electrons. The number of rotatable bonds is 7. The maximum atomic E-state index is 13.4. The number of anilines is 1. The topological polar surface area (TPSA) is 162 Å². The van der Waals surface area contributed by atoms with Gasteiger partial charge in [0.05, 0.1) is 10.2 Å². The van der Waals surface area contributed by atoms with Gasteiger partial charge < -0.3 is 11.1 Å². The molecule has 170 valence electrons. The van der Waals surface area contributed by atoms with Gasteiger partial charge >= 0.3 is 0 Å². The van der Waals surface area contributed by atoms with E-state index in [1.165, 1.54) is 36.6 Å². The van der Waals surface area contributed by atoms with Crippen LogP contribution in [0.25, 0.3) is 0 Å². The van der Waals surface area contributed by atoms with Gasteiger partial charge in [-0.2, -0.15) is 17.0 Å². The van der Waals surface area contributed by atoms with E-state index >= 15 is 0 Å². The van der Waals surface area contributed by atoms with Crippen LogP contribution in [0.15, 0.2) is 32.3 Å². The molecule has 1 aromatic carbocycles. The highest BCUT2D eigenvalue weighted by molar-refractivity contribution is 9.10. The van der Waals surface area contributed by atoms with Crippen LogP contribution in [0.4, 0.5) is 15.9 Å². The summed E-state index contributed by atoms with van der Waals surface area (Å²) < 4.78 is 45.4. The van der Waals surface area contributed by atoms with Gasteiger partial charge in [0.2, 0.25) is 5.82 Å². The van der Waals surface area contributed by atoms with Gasteiger partial charge in [-0.05, 0) is 50.9 Å². The molecule has 1 saturated heterocycles. The third-order valence-corrected chi connectivity index (χ3v) is 7.20. The van der Waals surface area contributed by atoms with Crippen molar-refractivity contribution >= 4 is 43.5 Å². The predicted molar refractivity (Wildman–Crippen MR) is 114 cm³/mol. The lowest BCUT2D eigenvalue weighted by Crippen LogP contribution is -2.50. The van der Waals surface area contributed by atoms with Crippen LogP contribution in [0.1, 0.15) is 12.1 Å². The van der Waals surface area contributed by atoms with E-state index in [2.05, 4.69) is 36.6 Å². The van der Waals surface area contributed by atoms with E-state index in [0.29, 0.717) is 12.1 Å². The van der Waals surface area contributed by atoms with Gasteiger partial charge in [-0.25, -0.2) is 14.0 Å². The molecule has 0 unspecified atom stereocenters. The minimum absolute atomic E-state index is 0.0577. The van der Waals surface area contributed by atoms with Crippen molar-refractivity contribution in [3.63, 3.8) is 0 Å². The number of aliphatic imine (C=N–C) groups is 1. The molecule has 0 aliphatic carbocycles. The molecule has 1 atom stereocenters. The number of nitrogens with zero attached hydrogens (tertiary/aromatic N) is 5. The second-order valence-corrected chi connectivity index (χ2v) is 10.2. The van der Waals surface area contributed by atoms with Crippen LogP contribution in [-0.2, 0) is 10.2 Å². The number of amidine groups is 1. The van der Waals surface area contributed by atoms with E-state index in [1.54, 1.807) is 0 Å². The maximum Gasteiger partial charge on any atom is 0.281 e. The number of hydrogen-bond acceptors (Lipinski definition) is 9. The molecule has 3 rings (SSSR count). The Bertz CT molecular complexity index is 1080. The molecular weight excluding hydrogens is 499 g/mol. The molecule has 0 saturated carbocycles. The molecule has 15 heteroatoms. The maximum absolute atomic E-state index is 13.4. The van der Waals surface area contributed by atoms with Crippen molar-refractivity contribution in [2.45, 2.75) is 12.0 Å². The van der Waals surface area contributed by atoms with Crippen molar-refractivity contribution in [3.05, 3.63) is 34.2 Å². The van der Waals surface area contributed by atoms with Crippen molar-refractivity contribution < 1.29 is 22.6 Å². The summed E-state index contributed by atoms with van der Waals surface area (Å²) in [4.78, 5) is 4.18. The molecule has 12 nitrogen and oxygen atoms in total. The number of aromatic nitrogens is 2. The van der Waals surface area contributed by atoms with Crippen LogP contribution >= 0.6 is 15.9 Å². The van der Waals surface area contributed by atoms with E-state index in [0.717, 1.165) is 4.31 Å². The number of hydroxylamine groups is 1. The summed E-state index contributed by atoms with van der Waals surface area (Å²) in [5, 5.41) is 20.0. The Hall–Kier alpha value is -2.17. The molecule has 0 bridgehead atoms. The van der Waals surface area contributed by atoms with Crippen molar-refractivity contribution in [2.24, 2.45) is 10.7 Å². The molecular formula is C16H22BrFN8O4S. The van der Waals surface area contributed by atoms with E-state index in [-0.39, 0.29) is 41.5 Å². The van der Waals surface area contributed by atoms with Crippen molar-refractivity contribution in [2.75, 3.05) is 39.0 Å². The molecule has 1 aliphatic rings. The van der Waals surface area contributed by atoms with E-state index in [4.69, 9.17) is 10.4 Å². The summed E-state index contributed by atoms with van der Waals surface area (Å²) >= 11 is 3.07. The number of hydrogen-bond donors (Lipinski definition) is 4. The second-order valence-electron chi connectivity index (χ2n) is 7.22. The molecule has 0 amide bonds. The zero-order valence-electron chi connectivity index (χ0n) is 16.7. The minimum Gasteiger partial charge on any atom is -0.363 e. The molecule has 1 fully saturated rings. The average molecular weight is 521 g/mol. The molecule has 0 spiro atoms. The van der Waals surface area contributed by atoms with E-state index in [1.807, 2.05) is 5.48 Å². The van der Waals surface area contributed by atoms with Gasteiger partial charge in [0, 0.05) is 39.3 Å². The van der Waals surface area contributed by atoms with Crippen LogP contribution in [0.3, 0.4) is 0 Å². The predicted octanol–water partition coefficient (Wildman–Crippen LogP) is 0.650. The van der Waals surface area contributed by atoms with Crippen LogP contribution < -0.4 is 16.5 Å². The van der Waals surface area contributed by atoms with E-state index < -0.39 is 21.6 Å². The molecule has 31 heavy (non-hydrogen) atoms. The highest BCUT2D eigenvalue weighted by Crippen LogP contribution is 2.25. The molecule has 2 aromatic rings. The molecule has 5 N–H and O–H groups in total. The number of benzene rings is 1. The van der Waals surface area contributed by atoms with Crippen LogP contribution in [0.2, 0.25) is 0 Å². The third-order valence-electron chi connectivity index (χ3n) is 4.71. The normalized spacial score (nSPS) is 20.4. The number of nitrogens with one attached hydrogen (secondary N) is 2. The molecule has 1 aliphatic heterocycles. The minimum atomic E-state index is -3.57. The quantitative estimate of drug-likeness (QED) is 0.233. The Morgan fingerprint density at radius 1 is 1.48 bits per heavy atom. The molecule has 1 aromatic heterocycles. The van der Waals surface area contributed by atoms with Gasteiger partial charge in [-0.1, -0.05) is 0 Å². The fraction of sp³-hybridized carbons (Fsp3) is 0.438. The monoisotopic (exact) mass is 520 g/mol. The summed E-state index contributed by atoms with van der Waals surface area (Å²) in [6.45, 7) is 0.561. The lowest BCUT2D eigenvalue weighted by atomic mass is 10.0. The Morgan fingerprint density at radius 3 is 2.87 bits per heavy atom. The summed E-state index contributed by atoms with van der Waals surface area (Å²) in [6, 6.07) is 4.04. The third kappa shape index (κ3) is 5.19. The Labute approximate surface area is 186 Å². The largest absolute Gasteiger partial charge is 0.363 e. The summed E-state index contributed by atoms with van der Waals surface area (Å²) in [5.74, 6) is -0.421. The fourth-order valence-electron chi connectivity index (χ4n) is 2.96. The van der Waals surface area contributed by atoms with Gasteiger partial charge in [-0.15, -0.1) is 0 Å². The van der Waals surface area contributed by atoms with Crippen molar-refractivity contribution in [3.8, 4) is 0 Å². The Morgan fingerprint density at radius 2 is 2.23 bits per heavy atom. The van der Waals surface area contributed by atoms with Crippen LogP contribution in [0, 0.1) is 5.82 Å². The number of halogens is 2. The van der Waals surface area contributed by atoms with Crippen molar-refractivity contribution in [1.29, 1.82) is 0 Å². The summed E-state index contributed by atoms with van der Waals surface area (Å²) in [7, 11) is -0.650. The van der Waals surface area contributed by atoms with Crippen LogP contribution in [0.5, 0.6) is 0 Å². The SMILES string of the molecule is CN(C)S(=O)(=O)N1CC[C@@](N)(CNc2nonc2C(=Nc2ccc(F)c(Br)c2)NO)C1. The van der Waals surface area contributed by atoms with Gasteiger partial charge in [0.15, 0.2) is 11.5 Å². The Balaban J connectivity index is 1.74. The Kier molecular flexibility index (Phi) is 6.92. The first-order valence-corrected chi connectivity index (χ1v) is 11.2. The zero-order chi connectivity index (χ0) is 22.8. The first kappa shape index (κ1) is 23.5. The molecule has 2 heterocycles. The zero-order valence-corrected chi connectivity index (χ0v) is 19.1. The van der Waals surface area contributed by atoms with Crippen molar-refractivity contribution in [1.82, 2.24) is 24.4 Å². The van der Waals surface area contributed by atoms with Gasteiger partial charge in [-0.3, -0.25) is 10.7 Å². The highest BCUT2D eigenvalue weighted by atomic mass is 79.9. The second kappa shape index (κ2) is 9.13. The lowest BCUT2D eigenvalue weighted by Gasteiger charge is -2.26.